The largest absolute Gasteiger partial charge is 0.493 e. The highest BCUT2D eigenvalue weighted by Crippen LogP contribution is 2.23. The summed E-state index contributed by atoms with van der Waals surface area (Å²) in [5.41, 5.74) is 3.87. The fourth-order valence-electron chi connectivity index (χ4n) is 2.30. The van der Waals surface area contributed by atoms with Crippen LogP contribution in [0.5, 0.6) is 5.75 Å². The fourth-order valence-corrected chi connectivity index (χ4v) is 2.30. The monoisotopic (exact) mass is 277 g/mol. The third-order valence-electron chi connectivity index (χ3n) is 3.65. The molecule has 0 saturated carbocycles. The third kappa shape index (κ3) is 6.42. The van der Waals surface area contributed by atoms with Crippen LogP contribution in [0.2, 0.25) is 0 Å². The maximum absolute atomic E-state index is 5.93. The molecule has 0 aliphatic heterocycles. The molecule has 20 heavy (non-hydrogen) atoms. The minimum Gasteiger partial charge on any atom is -0.493 e. The summed E-state index contributed by atoms with van der Waals surface area (Å²) in [7, 11) is 0. The zero-order valence-corrected chi connectivity index (χ0v) is 13.9. The van der Waals surface area contributed by atoms with Crippen molar-refractivity contribution >= 4 is 0 Å². The molecule has 1 N–H and O–H groups in total. The van der Waals surface area contributed by atoms with Crippen molar-refractivity contribution in [3.63, 3.8) is 0 Å². The Kier molecular flexibility index (Phi) is 7.68. The number of ether oxygens (including phenoxy) is 1. The molecule has 2 nitrogen and oxygen atoms in total. The Morgan fingerprint density at radius 2 is 1.70 bits per heavy atom. The molecule has 0 saturated heterocycles. The van der Waals surface area contributed by atoms with Crippen LogP contribution in [0.25, 0.3) is 0 Å². The number of hydrogen-bond donors (Lipinski definition) is 1. The highest BCUT2D eigenvalue weighted by Gasteiger charge is 2.03. The normalized spacial score (nSPS) is 11.1. The van der Waals surface area contributed by atoms with E-state index >= 15 is 0 Å². The van der Waals surface area contributed by atoms with Gasteiger partial charge in [-0.1, -0.05) is 32.8 Å². The van der Waals surface area contributed by atoms with Gasteiger partial charge in [-0.3, -0.25) is 0 Å². The molecule has 0 radical (unpaired) electrons. The van der Waals surface area contributed by atoms with Crippen molar-refractivity contribution in [2.75, 3.05) is 13.2 Å². The predicted octanol–water partition coefficient (Wildman–Crippen LogP) is 4.55. The van der Waals surface area contributed by atoms with Crippen LogP contribution in [0.3, 0.4) is 0 Å². The van der Waals surface area contributed by atoms with Crippen molar-refractivity contribution in [3.05, 3.63) is 28.8 Å². The van der Waals surface area contributed by atoms with Gasteiger partial charge in [-0.2, -0.15) is 0 Å². The summed E-state index contributed by atoms with van der Waals surface area (Å²) in [5.74, 6) is 1.06. The first kappa shape index (κ1) is 17.0. The number of benzene rings is 1. The summed E-state index contributed by atoms with van der Waals surface area (Å²) < 4.78 is 5.93. The molecule has 0 unspecified atom stereocenters. The van der Waals surface area contributed by atoms with Crippen LogP contribution in [0.1, 0.15) is 56.2 Å². The van der Waals surface area contributed by atoms with E-state index in [-0.39, 0.29) is 0 Å². The van der Waals surface area contributed by atoms with Gasteiger partial charge in [0.1, 0.15) is 5.75 Å². The lowest BCUT2D eigenvalue weighted by atomic mass is 10.1. The lowest BCUT2D eigenvalue weighted by molar-refractivity contribution is 0.302. The van der Waals surface area contributed by atoms with E-state index in [1.54, 1.807) is 0 Å². The van der Waals surface area contributed by atoms with E-state index in [4.69, 9.17) is 4.74 Å². The van der Waals surface area contributed by atoms with Crippen LogP contribution in [0.15, 0.2) is 12.1 Å². The minimum absolute atomic E-state index is 0.603. The van der Waals surface area contributed by atoms with Crippen LogP contribution in [-0.2, 0) is 0 Å². The Labute approximate surface area is 124 Å². The van der Waals surface area contributed by atoms with E-state index < -0.39 is 0 Å². The van der Waals surface area contributed by atoms with Crippen molar-refractivity contribution in [3.8, 4) is 5.75 Å². The molecule has 1 aromatic rings. The summed E-state index contributed by atoms with van der Waals surface area (Å²) in [5, 5.41) is 3.45. The summed E-state index contributed by atoms with van der Waals surface area (Å²) >= 11 is 0. The molecule has 0 aromatic heterocycles. The van der Waals surface area contributed by atoms with E-state index in [0.29, 0.717) is 6.04 Å². The van der Waals surface area contributed by atoms with E-state index in [1.807, 2.05) is 0 Å². The zero-order valence-electron chi connectivity index (χ0n) is 13.9. The van der Waals surface area contributed by atoms with Gasteiger partial charge >= 0.3 is 0 Å². The first-order valence-electron chi connectivity index (χ1n) is 7.94. The van der Waals surface area contributed by atoms with Crippen molar-refractivity contribution in [1.29, 1.82) is 0 Å². The van der Waals surface area contributed by atoms with Gasteiger partial charge in [0, 0.05) is 6.04 Å². The Morgan fingerprint density at radius 1 is 1.00 bits per heavy atom. The molecule has 0 spiro atoms. The van der Waals surface area contributed by atoms with Crippen LogP contribution in [-0.4, -0.2) is 19.2 Å². The maximum Gasteiger partial charge on any atom is 0.122 e. The summed E-state index contributed by atoms with van der Waals surface area (Å²) in [4.78, 5) is 0. The Balaban J connectivity index is 2.16. The second-order valence-electron chi connectivity index (χ2n) is 6.08. The SMILES string of the molecule is Cc1cc(C)c(C)c(OCCCCCCNC(C)C)c1. The van der Waals surface area contributed by atoms with Gasteiger partial charge in [-0.15, -0.1) is 0 Å². The molecule has 0 aliphatic carbocycles. The molecular weight excluding hydrogens is 246 g/mol. The molecule has 1 aromatic carbocycles. The highest BCUT2D eigenvalue weighted by atomic mass is 16.5. The van der Waals surface area contributed by atoms with E-state index in [0.717, 1.165) is 25.3 Å². The van der Waals surface area contributed by atoms with Gasteiger partial charge in [0.05, 0.1) is 6.61 Å². The average molecular weight is 277 g/mol. The van der Waals surface area contributed by atoms with Crippen molar-refractivity contribution < 1.29 is 4.74 Å². The number of rotatable bonds is 9. The Bertz CT molecular complexity index is 399. The van der Waals surface area contributed by atoms with Gasteiger partial charge in [0.25, 0.3) is 0 Å². The molecule has 114 valence electrons. The van der Waals surface area contributed by atoms with Gasteiger partial charge in [-0.25, -0.2) is 0 Å². The second-order valence-corrected chi connectivity index (χ2v) is 6.08. The Hall–Kier alpha value is -1.02. The lowest BCUT2D eigenvalue weighted by Crippen LogP contribution is -2.23. The number of unbranched alkanes of at least 4 members (excludes halogenated alkanes) is 3. The van der Waals surface area contributed by atoms with Crippen LogP contribution in [0, 0.1) is 20.8 Å². The molecule has 0 heterocycles. The Morgan fingerprint density at radius 3 is 2.40 bits per heavy atom. The maximum atomic E-state index is 5.93. The lowest BCUT2D eigenvalue weighted by Gasteiger charge is -2.12. The summed E-state index contributed by atoms with van der Waals surface area (Å²) in [6.07, 6.45) is 4.95. The third-order valence-corrected chi connectivity index (χ3v) is 3.65. The first-order valence-corrected chi connectivity index (χ1v) is 7.94. The van der Waals surface area contributed by atoms with E-state index in [2.05, 4.69) is 52.1 Å². The number of aryl methyl sites for hydroxylation is 2. The van der Waals surface area contributed by atoms with Gasteiger partial charge in [0.2, 0.25) is 0 Å². The molecule has 1 rings (SSSR count). The molecule has 0 fully saturated rings. The first-order chi connectivity index (χ1) is 9.50. The second kappa shape index (κ2) is 9.02. The number of hydrogen-bond acceptors (Lipinski definition) is 2. The van der Waals surface area contributed by atoms with Gasteiger partial charge < -0.3 is 10.1 Å². The van der Waals surface area contributed by atoms with Gasteiger partial charge in [-0.05, 0) is 62.9 Å². The molecular formula is C18H31NO. The quantitative estimate of drug-likeness (QED) is 0.669. The van der Waals surface area contributed by atoms with Crippen molar-refractivity contribution in [2.24, 2.45) is 0 Å². The fraction of sp³-hybridized carbons (Fsp3) is 0.667. The predicted molar refractivity (Wildman–Crippen MR) is 87.8 cm³/mol. The van der Waals surface area contributed by atoms with Crippen molar-refractivity contribution in [2.45, 2.75) is 66.3 Å². The molecule has 0 amide bonds. The van der Waals surface area contributed by atoms with Crippen molar-refractivity contribution in [1.82, 2.24) is 5.32 Å². The zero-order chi connectivity index (χ0) is 15.0. The van der Waals surface area contributed by atoms with Crippen LogP contribution < -0.4 is 10.1 Å². The summed E-state index contributed by atoms with van der Waals surface area (Å²) in [6, 6.07) is 4.96. The molecule has 0 aliphatic rings. The van der Waals surface area contributed by atoms with Crippen LogP contribution in [0.4, 0.5) is 0 Å². The average Bonchev–Trinajstić information content (AvgIpc) is 2.37. The molecule has 2 heteroatoms. The van der Waals surface area contributed by atoms with E-state index in [1.165, 1.54) is 36.0 Å². The minimum atomic E-state index is 0.603. The number of nitrogens with one attached hydrogen (secondary N) is 1. The summed E-state index contributed by atoms with van der Waals surface area (Å²) in [6.45, 7) is 12.8. The van der Waals surface area contributed by atoms with Crippen LogP contribution >= 0.6 is 0 Å². The topological polar surface area (TPSA) is 21.3 Å². The van der Waals surface area contributed by atoms with Gasteiger partial charge in [0.15, 0.2) is 0 Å². The van der Waals surface area contributed by atoms with E-state index in [9.17, 15) is 0 Å². The standard InChI is InChI=1S/C18H31NO/c1-14(2)19-10-8-6-7-9-11-20-18-13-15(3)12-16(4)17(18)5/h12-14,19H,6-11H2,1-5H3. The highest BCUT2D eigenvalue weighted by molar-refractivity contribution is 5.41. The smallest absolute Gasteiger partial charge is 0.122 e. The molecule has 0 atom stereocenters. The molecule has 0 bridgehead atoms.